The van der Waals surface area contributed by atoms with Crippen molar-refractivity contribution in [3.05, 3.63) is 46.1 Å². The van der Waals surface area contributed by atoms with Gasteiger partial charge in [-0.15, -0.1) is 0 Å². The predicted octanol–water partition coefficient (Wildman–Crippen LogP) is 1.11. The lowest BCUT2D eigenvalue weighted by Gasteiger charge is -2.39. The van der Waals surface area contributed by atoms with E-state index < -0.39 is 0 Å². The second-order valence-electron chi connectivity index (χ2n) is 7.40. The van der Waals surface area contributed by atoms with Crippen LogP contribution in [0.1, 0.15) is 30.0 Å². The highest BCUT2D eigenvalue weighted by Gasteiger charge is 2.29. The summed E-state index contributed by atoms with van der Waals surface area (Å²) in [6, 6.07) is 3.56. The highest BCUT2D eigenvalue weighted by atomic mass is 16.1. The van der Waals surface area contributed by atoms with Gasteiger partial charge in [0.1, 0.15) is 0 Å². The molecule has 0 unspecified atom stereocenters. The summed E-state index contributed by atoms with van der Waals surface area (Å²) in [5, 5.41) is 4.55. The molecule has 1 saturated carbocycles. The maximum atomic E-state index is 12.0. The lowest BCUT2D eigenvalue weighted by molar-refractivity contribution is 0.0763. The molecule has 0 atom stereocenters. The first kappa shape index (κ1) is 16.2. The van der Waals surface area contributed by atoms with Gasteiger partial charge in [-0.3, -0.25) is 9.69 Å². The third-order valence-corrected chi connectivity index (χ3v) is 4.84. The lowest BCUT2D eigenvalue weighted by atomic mass is 9.99. The minimum absolute atomic E-state index is 0.00974. The molecule has 2 fully saturated rings. The van der Waals surface area contributed by atoms with Crippen LogP contribution in [-0.4, -0.2) is 51.8 Å². The van der Waals surface area contributed by atoms with Crippen molar-refractivity contribution in [2.24, 2.45) is 5.92 Å². The minimum atomic E-state index is 0.00974. The quantitative estimate of drug-likeness (QED) is 0.785. The number of anilines is 1. The van der Waals surface area contributed by atoms with E-state index in [0.717, 1.165) is 36.8 Å². The van der Waals surface area contributed by atoms with Gasteiger partial charge in [0.05, 0.1) is 12.2 Å². The predicted molar refractivity (Wildman–Crippen MR) is 95.6 cm³/mol. The molecule has 0 amide bonds. The van der Waals surface area contributed by atoms with Gasteiger partial charge in [-0.25, -0.2) is 14.6 Å². The largest absolute Gasteiger partial charge is 0.347 e. The molecule has 2 aromatic heterocycles. The molecule has 25 heavy (non-hydrogen) atoms. The Labute approximate surface area is 147 Å². The van der Waals surface area contributed by atoms with Crippen LogP contribution in [0.3, 0.4) is 0 Å². The van der Waals surface area contributed by atoms with Crippen LogP contribution in [0.25, 0.3) is 0 Å². The molecule has 1 saturated heterocycles. The minimum Gasteiger partial charge on any atom is -0.347 e. The average molecular weight is 340 g/mol. The summed E-state index contributed by atoms with van der Waals surface area (Å²) in [6.07, 6.45) is 6.19. The molecular weight excluding hydrogens is 316 g/mol. The number of hydrogen-bond donors (Lipinski definition) is 0. The van der Waals surface area contributed by atoms with Crippen molar-refractivity contribution in [2.45, 2.75) is 31.8 Å². The fourth-order valence-corrected chi connectivity index (χ4v) is 3.28. The standard InChI is InChI=1S/C18H24N6O/c1-22(2)18-19-7-13(8-20-18)9-23-10-14(11-23)12-24-17(25)6-5-16(21-24)15-3-4-15/h5-8,14-15H,3-4,9-12H2,1-2H3. The van der Waals surface area contributed by atoms with Gasteiger partial charge >= 0.3 is 0 Å². The SMILES string of the molecule is CN(C)c1ncc(CN2CC(Cn3nc(C4CC4)ccc3=O)C2)cn1. The van der Waals surface area contributed by atoms with Crippen molar-refractivity contribution < 1.29 is 0 Å². The van der Waals surface area contributed by atoms with Crippen molar-refractivity contribution in [3.63, 3.8) is 0 Å². The number of hydrogen-bond acceptors (Lipinski definition) is 6. The third kappa shape index (κ3) is 3.71. The van der Waals surface area contributed by atoms with Crippen LogP contribution >= 0.6 is 0 Å². The summed E-state index contributed by atoms with van der Waals surface area (Å²) in [6.45, 7) is 3.54. The Bertz CT molecular complexity index is 790. The Morgan fingerprint density at radius 2 is 1.88 bits per heavy atom. The van der Waals surface area contributed by atoms with E-state index in [0.29, 0.717) is 18.4 Å². The molecule has 0 N–H and O–H groups in total. The molecule has 1 aliphatic heterocycles. The van der Waals surface area contributed by atoms with Gasteiger partial charge in [0, 0.05) is 69.6 Å². The van der Waals surface area contributed by atoms with Gasteiger partial charge in [0.2, 0.25) is 5.95 Å². The van der Waals surface area contributed by atoms with Gasteiger partial charge < -0.3 is 4.90 Å². The van der Waals surface area contributed by atoms with Crippen molar-refractivity contribution in [3.8, 4) is 0 Å². The van der Waals surface area contributed by atoms with Crippen molar-refractivity contribution in [2.75, 3.05) is 32.1 Å². The monoisotopic (exact) mass is 340 g/mol. The Kier molecular flexibility index (Phi) is 4.25. The summed E-state index contributed by atoms with van der Waals surface area (Å²) >= 11 is 0. The van der Waals surface area contributed by atoms with Crippen molar-refractivity contribution in [1.82, 2.24) is 24.6 Å². The van der Waals surface area contributed by atoms with Gasteiger partial charge in [-0.2, -0.15) is 5.10 Å². The molecule has 2 aliphatic rings. The number of rotatable bonds is 6. The smallest absolute Gasteiger partial charge is 0.266 e. The van der Waals surface area contributed by atoms with Crippen LogP contribution in [0, 0.1) is 5.92 Å². The van der Waals surface area contributed by atoms with E-state index in [1.165, 1.54) is 12.8 Å². The summed E-state index contributed by atoms with van der Waals surface area (Å²) < 4.78 is 1.66. The zero-order valence-electron chi connectivity index (χ0n) is 14.8. The van der Waals surface area contributed by atoms with Crippen LogP contribution in [0.4, 0.5) is 5.95 Å². The van der Waals surface area contributed by atoms with Crippen LogP contribution in [0.2, 0.25) is 0 Å². The maximum Gasteiger partial charge on any atom is 0.266 e. The summed E-state index contributed by atoms with van der Waals surface area (Å²) in [5.74, 6) is 1.79. The molecule has 4 rings (SSSR count). The molecule has 0 bridgehead atoms. The highest BCUT2D eigenvalue weighted by Crippen LogP contribution is 2.38. The lowest BCUT2D eigenvalue weighted by Crippen LogP contribution is -2.48. The van der Waals surface area contributed by atoms with Crippen LogP contribution < -0.4 is 10.5 Å². The van der Waals surface area contributed by atoms with Crippen LogP contribution in [0.15, 0.2) is 29.3 Å². The molecule has 0 aromatic carbocycles. The molecule has 1 aliphatic carbocycles. The zero-order valence-corrected chi connectivity index (χ0v) is 14.8. The number of likely N-dealkylation sites (tertiary alicyclic amines) is 1. The van der Waals surface area contributed by atoms with Crippen molar-refractivity contribution in [1.29, 1.82) is 0 Å². The Morgan fingerprint density at radius 3 is 2.52 bits per heavy atom. The third-order valence-electron chi connectivity index (χ3n) is 4.84. The van der Waals surface area contributed by atoms with E-state index in [-0.39, 0.29) is 5.56 Å². The second kappa shape index (κ2) is 6.55. The van der Waals surface area contributed by atoms with Gasteiger partial charge in [-0.05, 0) is 18.9 Å². The topological polar surface area (TPSA) is 67.2 Å². The highest BCUT2D eigenvalue weighted by molar-refractivity contribution is 5.26. The van der Waals surface area contributed by atoms with E-state index >= 15 is 0 Å². The first-order valence-electron chi connectivity index (χ1n) is 8.87. The molecule has 0 radical (unpaired) electrons. The molecule has 132 valence electrons. The normalized spacial score (nSPS) is 18.2. The van der Waals surface area contributed by atoms with Crippen LogP contribution in [0.5, 0.6) is 0 Å². The average Bonchev–Trinajstić information content (AvgIpc) is 3.40. The summed E-state index contributed by atoms with van der Waals surface area (Å²) in [7, 11) is 3.87. The Balaban J connectivity index is 1.30. The number of aromatic nitrogens is 4. The molecule has 7 heteroatoms. The fraction of sp³-hybridized carbons (Fsp3) is 0.556. The van der Waals surface area contributed by atoms with Gasteiger partial charge in [-0.1, -0.05) is 0 Å². The number of nitrogens with zero attached hydrogens (tertiary/aromatic N) is 6. The first-order chi connectivity index (χ1) is 12.1. The van der Waals surface area contributed by atoms with E-state index in [4.69, 9.17) is 0 Å². The maximum absolute atomic E-state index is 12.0. The fourth-order valence-electron chi connectivity index (χ4n) is 3.28. The molecule has 0 spiro atoms. The van der Waals surface area contributed by atoms with Gasteiger partial charge in [0.15, 0.2) is 0 Å². The first-order valence-corrected chi connectivity index (χ1v) is 8.87. The van der Waals surface area contributed by atoms with Crippen LogP contribution in [-0.2, 0) is 13.1 Å². The Hall–Kier alpha value is -2.28. The Morgan fingerprint density at radius 1 is 1.16 bits per heavy atom. The van der Waals surface area contributed by atoms with E-state index in [9.17, 15) is 4.79 Å². The summed E-state index contributed by atoms with van der Waals surface area (Å²) in [5.41, 5.74) is 2.21. The molecule has 2 aromatic rings. The van der Waals surface area contributed by atoms with Crippen molar-refractivity contribution >= 4 is 5.95 Å². The van der Waals surface area contributed by atoms with E-state index in [1.807, 2.05) is 37.5 Å². The molecular formula is C18H24N6O. The molecule has 7 nitrogen and oxygen atoms in total. The molecule has 3 heterocycles. The summed E-state index contributed by atoms with van der Waals surface area (Å²) in [4.78, 5) is 25.0. The zero-order chi connectivity index (χ0) is 17.4. The second-order valence-corrected chi connectivity index (χ2v) is 7.40. The van der Waals surface area contributed by atoms with E-state index in [2.05, 4.69) is 20.0 Å². The van der Waals surface area contributed by atoms with E-state index in [1.54, 1.807) is 10.7 Å². The van der Waals surface area contributed by atoms with Gasteiger partial charge in [0.25, 0.3) is 5.56 Å².